The average Bonchev–Trinajstić information content (AvgIpc) is 2.85. The second-order valence-electron chi connectivity index (χ2n) is 5.49. The third-order valence-corrected chi connectivity index (χ3v) is 3.91. The van der Waals surface area contributed by atoms with E-state index < -0.39 is 5.54 Å². The van der Waals surface area contributed by atoms with Crippen LogP contribution in [0.25, 0.3) is 0 Å². The summed E-state index contributed by atoms with van der Waals surface area (Å²) >= 11 is 0. The van der Waals surface area contributed by atoms with Crippen LogP contribution in [0, 0.1) is 6.92 Å². The Balaban J connectivity index is 2.04. The fourth-order valence-corrected chi connectivity index (χ4v) is 2.64. The molecular weight excluding hydrogens is 234 g/mol. The number of aryl methyl sites for hydroxylation is 1. The maximum Gasteiger partial charge on any atom is 0.122 e. The van der Waals surface area contributed by atoms with Gasteiger partial charge in [0.25, 0.3) is 0 Å². The third kappa shape index (κ3) is 2.13. The first-order valence-corrected chi connectivity index (χ1v) is 6.69. The predicted molar refractivity (Wildman–Crippen MR) is 77.5 cm³/mol. The van der Waals surface area contributed by atoms with Crippen LogP contribution in [0.2, 0.25) is 0 Å². The van der Waals surface area contributed by atoms with Gasteiger partial charge in [-0.25, -0.2) is 0 Å². The van der Waals surface area contributed by atoms with Gasteiger partial charge in [-0.15, -0.1) is 0 Å². The molecular formula is C17H19NO. The van der Waals surface area contributed by atoms with Gasteiger partial charge in [0.05, 0.1) is 12.1 Å². The monoisotopic (exact) mass is 253 g/mol. The van der Waals surface area contributed by atoms with E-state index in [1.807, 2.05) is 6.07 Å². The van der Waals surface area contributed by atoms with Gasteiger partial charge in [-0.05, 0) is 42.7 Å². The topological polar surface area (TPSA) is 35.2 Å². The Morgan fingerprint density at radius 3 is 2.68 bits per heavy atom. The highest BCUT2D eigenvalue weighted by Gasteiger charge is 2.25. The molecule has 1 atom stereocenters. The summed E-state index contributed by atoms with van der Waals surface area (Å²) in [5, 5.41) is 0. The lowest BCUT2D eigenvalue weighted by Gasteiger charge is -2.27. The van der Waals surface area contributed by atoms with Gasteiger partial charge in [-0.3, -0.25) is 0 Å². The van der Waals surface area contributed by atoms with Crippen LogP contribution in [0.3, 0.4) is 0 Å². The van der Waals surface area contributed by atoms with Crippen LogP contribution in [-0.4, -0.2) is 6.61 Å². The number of hydrogen-bond acceptors (Lipinski definition) is 2. The minimum atomic E-state index is -0.469. The van der Waals surface area contributed by atoms with Crippen molar-refractivity contribution in [2.24, 2.45) is 5.73 Å². The summed E-state index contributed by atoms with van der Waals surface area (Å²) < 4.78 is 5.55. The molecule has 1 aliphatic rings. The maximum absolute atomic E-state index is 6.58. The van der Waals surface area contributed by atoms with Crippen LogP contribution < -0.4 is 10.5 Å². The molecule has 3 rings (SSSR count). The molecule has 2 N–H and O–H groups in total. The molecule has 19 heavy (non-hydrogen) atoms. The molecule has 2 nitrogen and oxygen atoms in total. The number of ether oxygens (including phenoxy) is 1. The summed E-state index contributed by atoms with van der Waals surface area (Å²) in [4.78, 5) is 0. The molecule has 98 valence electrons. The Morgan fingerprint density at radius 2 is 1.89 bits per heavy atom. The molecule has 0 radical (unpaired) electrons. The lowest BCUT2D eigenvalue weighted by molar-refractivity contribution is 0.356. The summed E-state index contributed by atoms with van der Waals surface area (Å²) in [5.74, 6) is 1.00. The summed E-state index contributed by atoms with van der Waals surface area (Å²) in [6.07, 6.45) is 0.979. The van der Waals surface area contributed by atoms with Gasteiger partial charge >= 0.3 is 0 Å². The van der Waals surface area contributed by atoms with Crippen LogP contribution in [0.4, 0.5) is 0 Å². The molecule has 0 aliphatic carbocycles. The van der Waals surface area contributed by atoms with Crippen molar-refractivity contribution in [3.05, 3.63) is 64.7 Å². The number of rotatable bonds is 2. The molecule has 0 saturated carbocycles. The van der Waals surface area contributed by atoms with Crippen molar-refractivity contribution in [3.63, 3.8) is 0 Å². The van der Waals surface area contributed by atoms with E-state index in [1.165, 1.54) is 11.1 Å². The fourth-order valence-electron chi connectivity index (χ4n) is 2.64. The van der Waals surface area contributed by atoms with Gasteiger partial charge in [0.1, 0.15) is 5.75 Å². The largest absolute Gasteiger partial charge is 0.493 e. The molecule has 2 heteroatoms. The Kier molecular flexibility index (Phi) is 2.83. The van der Waals surface area contributed by atoms with Crippen LogP contribution >= 0.6 is 0 Å². The lowest BCUT2D eigenvalue weighted by atomic mass is 9.84. The van der Waals surface area contributed by atoms with Crippen molar-refractivity contribution in [2.75, 3.05) is 6.61 Å². The van der Waals surface area contributed by atoms with Crippen LogP contribution in [0.15, 0.2) is 42.5 Å². The summed E-state index contributed by atoms with van der Waals surface area (Å²) in [6, 6.07) is 14.7. The highest BCUT2D eigenvalue weighted by atomic mass is 16.5. The Bertz CT molecular complexity index is 616. The fraction of sp³-hybridized carbons (Fsp3) is 0.294. The molecule has 0 fully saturated rings. The van der Waals surface area contributed by atoms with E-state index in [0.29, 0.717) is 0 Å². The first-order chi connectivity index (χ1) is 9.07. The van der Waals surface area contributed by atoms with Crippen molar-refractivity contribution in [3.8, 4) is 5.75 Å². The van der Waals surface area contributed by atoms with Crippen molar-refractivity contribution < 1.29 is 4.74 Å². The normalized spacial score (nSPS) is 16.6. The quantitative estimate of drug-likeness (QED) is 0.892. The van der Waals surface area contributed by atoms with Gasteiger partial charge in [0.2, 0.25) is 0 Å². The standard InChI is InChI=1S/C17H19NO/c1-12-4-3-5-14(10-12)17(2,18)15-6-7-16-13(11-15)8-9-19-16/h3-7,10-11H,8-9,18H2,1-2H3. The molecule has 2 aromatic rings. The summed E-state index contributed by atoms with van der Waals surface area (Å²) in [5.41, 5.74) is 10.9. The molecule has 2 aromatic carbocycles. The van der Waals surface area contributed by atoms with E-state index in [9.17, 15) is 0 Å². The predicted octanol–water partition coefficient (Wildman–Crippen LogP) is 3.15. The average molecular weight is 253 g/mol. The second kappa shape index (κ2) is 4.39. The van der Waals surface area contributed by atoms with Crippen molar-refractivity contribution >= 4 is 0 Å². The van der Waals surface area contributed by atoms with E-state index in [0.717, 1.165) is 29.9 Å². The summed E-state index contributed by atoms with van der Waals surface area (Å²) in [6.45, 7) is 4.94. The van der Waals surface area contributed by atoms with E-state index in [-0.39, 0.29) is 0 Å². The highest BCUT2D eigenvalue weighted by molar-refractivity contribution is 5.46. The Morgan fingerprint density at radius 1 is 1.11 bits per heavy atom. The van der Waals surface area contributed by atoms with Crippen LogP contribution in [0.5, 0.6) is 5.75 Å². The van der Waals surface area contributed by atoms with Crippen LogP contribution in [0.1, 0.15) is 29.2 Å². The van der Waals surface area contributed by atoms with Gasteiger partial charge in [-0.2, -0.15) is 0 Å². The third-order valence-electron chi connectivity index (χ3n) is 3.91. The molecule has 0 spiro atoms. The van der Waals surface area contributed by atoms with Gasteiger partial charge in [-0.1, -0.05) is 35.9 Å². The van der Waals surface area contributed by atoms with E-state index in [4.69, 9.17) is 10.5 Å². The lowest BCUT2D eigenvalue weighted by Crippen LogP contribution is -2.34. The Hall–Kier alpha value is -1.80. The SMILES string of the molecule is Cc1cccc(C(C)(N)c2ccc3c(c2)CCO3)c1. The minimum absolute atomic E-state index is 0.469. The zero-order valence-electron chi connectivity index (χ0n) is 11.4. The first-order valence-electron chi connectivity index (χ1n) is 6.69. The first kappa shape index (κ1) is 12.2. The maximum atomic E-state index is 6.58. The second-order valence-corrected chi connectivity index (χ2v) is 5.49. The Labute approximate surface area is 114 Å². The van der Waals surface area contributed by atoms with Crippen molar-refractivity contribution in [1.82, 2.24) is 0 Å². The number of hydrogen-bond donors (Lipinski definition) is 1. The van der Waals surface area contributed by atoms with E-state index in [1.54, 1.807) is 0 Å². The molecule has 0 aromatic heterocycles. The van der Waals surface area contributed by atoms with Gasteiger partial charge < -0.3 is 10.5 Å². The molecule has 1 aliphatic heterocycles. The zero-order chi connectivity index (χ0) is 13.5. The van der Waals surface area contributed by atoms with Crippen molar-refractivity contribution in [1.29, 1.82) is 0 Å². The molecule has 0 bridgehead atoms. The molecule has 1 unspecified atom stereocenters. The smallest absolute Gasteiger partial charge is 0.122 e. The van der Waals surface area contributed by atoms with Gasteiger partial charge in [0.15, 0.2) is 0 Å². The molecule has 1 heterocycles. The van der Waals surface area contributed by atoms with Crippen molar-refractivity contribution in [2.45, 2.75) is 25.8 Å². The zero-order valence-corrected chi connectivity index (χ0v) is 11.4. The minimum Gasteiger partial charge on any atom is -0.493 e. The van der Waals surface area contributed by atoms with E-state index >= 15 is 0 Å². The molecule has 0 amide bonds. The number of benzene rings is 2. The summed E-state index contributed by atoms with van der Waals surface area (Å²) in [7, 11) is 0. The molecule has 0 saturated heterocycles. The highest BCUT2D eigenvalue weighted by Crippen LogP contribution is 2.32. The number of fused-ring (bicyclic) bond motifs is 1. The number of nitrogens with two attached hydrogens (primary N) is 1. The van der Waals surface area contributed by atoms with Gasteiger partial charge in [0, 0.05) is 6.42 Å². The van der Waals surface area contributed by atoms with E-state index in [2.05, 4.69) is 50.2 Å². The van der Waals surface area contributed by atoms with Crippen LogP contribution in [-0.2, 0) is 12.0 Å².